The van der Waals surface area contributed by atoms with E-state index >= 15 is 0 Å². The van der Waals surface area contributed by atoms with E-state index in [2.05, 4.69) is 5.32 Å². The van der Waals surface area contributed by atoms with Crippen molar-refractivity contribution in [3.05, 3.63) is 34.9 Å². The van der Waals surface area contributed by atoms with E-state index in [4.69, 9.17) is 16.3 Å². The molecule has 0 atom stereocenters. The molecule has 1 aromatic rings. The van der Waals surface area contributed by atoms with Crippen LogP contribution in [-0.2, 0) is 26.0 Å². The van der Waals surface area contributed by atoms with Crippen molar-refractivity contribution in [2.45, 2.75) is 12.8 Å². The van der Waals surface area contributed by atoms with Crippen molar-refractivity contribution in [1.29, 1.82) is 0 Å². The highest BCUT2D eigenvalue weighted by Crippen LogP contribution is 2.11. The van der Waals surface area contributed by atoms with Crippen LogP contribution in [0.15, 0.2) is 24.3 Å². The lowest BCUT2D eigenvalue weighted by Crippen LogP contribution is -2.42. The molecule has 8 heteroatoms. The van der Waals surface area contributed by atoms with Crippen LogP contribution in [0.5, 0.6) is 0 Å². The summed E-state index contributed by atoms with van der Waals surface area (Å²) in [7, 11) is -3.39. The lowest BCUT2D eigenvalue weighted by Gasteiger charge is -2.25. The predicted octanol–water partition coefficient (Wildman–Crippen LogP) is 1.05. The molecular weight excluding hydrogens is 340 g/mol. The Balaban J connectivity index is 1.70. The van der Waals surface area contributed by atoms with Gasteiger partial charge in [0, 0.05) is 31.1 Å². The van der Waals surface area contributed by atoms with Gasteiger partial charge in [-0.1, -0.05) is 23.7 Å². The molecule has 1 heterocycles. The summed E-state index contributed by atoms with van der Waals surface area (Å²) in [6.07, 6.45) is 0.623. The standard InChI is InChI=1S/C15H21ClN2O4S/c16-14-3-1-2-13(12-14)4-6-17-15(19)5-11-23(20,21)18-7-9-22-10-8-18/h1-3,12H,4-11H2,(H,17,19). The third-order valence-electron chi connectivity index (χ3n) is 3.58. The lowest BCUT2D eigenvalue weighted by molar-refractivity contribution is -0.120. The first-order valence-electron chi connectivity index (χ1n) is 7.54. The molecule has 0 saturated carbocycles. The number of hydrogen-bond donors (Lipinski definition) is 1. The van der Waals surface area contributed by atoms with Crippen molar-refractivity contribution in [2.75, 3.05) is 38.6 Å². The van der Waals surface area contributed by atoms with E-state index in [-0.39, 0.29) is 18.1 Å². The number of nitrogens with zero attached hydrogens (tertiary/aromatic N) is 1. The maximum atomic E-state index is 12.1. The molecule has 0 spiro atoms. The van der Waals surface area contributed by atoms with Gasteiger partial charge in [-0.15, -0.1) is 0 Å². The Kier molecular flexibility index (Phi) is 6.83. The zero-order valence-corrected chi connectivity index (χ0v) is 14.4. The number of benzene rings is 1. The number of ether oxygens (including phenoxy) is 1. The van der Waals surface area contributed by atoms with Gasteiger partial charge in [0.25, 0.3) is 0 Å². The van der Waals surface area contributed by atoms with Gasteiger partial charge < -0.3 is 10.1 Å². The Hall–Kier alpha value is -1.15. The second-order valence-electron chi connectivity index (χ2n) is 5.31. The number of sulfonamides is 1. The van der Waals surface area contributed by atoms with Crippen molar-refractivity contribution in [2.24, 2.45) is 0 Å². The first kappa shape index (κ1) is 18.2. The third-order valence-corrected chi connectivity index (χ3v) is 5.68. The molecule has 0 aliphatic carbocycles. The summed E-state index contributed by atoms with van der Waals surface area (Å²) in [4.78, 5) is 11.8. The van der Waals surface area contributed by atoms with E-state index in [1.54, 1.807) is 6.07 Å². The molecule has 1 saturated heterocycles. The second kappa shape index (κ2) is 8.63. The number of rotatable bonds is 7. The largest absolute Gasteiger partial charge is 0.379 e. The number of amides is 1. The van der Waals surface area contributed by atoms with Crippen LogP contribution in [0.4, 0.5) is 0 Å². The van der Waals surface area contributed by atoms with E-state index in [1.807, 2.05) is 18.2 Å². The highest BCUT2D eigenvalue weighted by molar-refractivity contribution is 7.89. The van der Waals surface area contributed by atoms with Crippen LogP contribution in [-0.4, -0.2) is 57.2 Å². The molecule has 0 radical (unpaired) electrons. The second-order valence-corrected chi connectivity index (χ2v) is 7.83. The Morgan fingerprint density at radius 1 is 1.30 bits per heavy atom. The van der Waals surface area contributed by atoms with Crippen molar-refractivity contribution >= 4 is 27.5 Å². The molecule has 1 N–H and O–H groups in total. The predicted molar refractivity (Wildman–Crippen MR) is 89.0 cm³/mol. The smallest absolute Gasteiger partial charge is 0.221 e. The van der Waals surface area contributed by atoms with Gasteiger partial charge in [0.1, 0.15) is 0 Å². The van der Waals surface area contributed by atoms with Gasteiger partial charge >= 0.3 is 0 Å². The molecule has 2 rings (SSSR count). The molecule has 6 nitrogen and oxygen atoms in total. The van der Waals surface area contributed by atoms with Crippen molar-refractivity contribution < 1.29 is 17.9 Å². The summed E-state index contributed by atoms with van der Waals surface area (Å²) in [5.41, 5.74) is 1.03. The maximum Gasteiger partial charge on any atom is 0.221 e. The minimum atomic E-state index is -3.39. The van der Waals surface area contributed by atoms with Gasteiger partial charge in [-0.2, -0.15) is 4.31 Å². The molecule has 0 bridgehead atoms. The summed E-state index contributed by atoms with van der Waals surface area (Å²) in [6, 6.07) is 7.42. The van der Waals surface area contributed by atoms with Crippen LogP contribution in [0, 0.1) is 0 Å². The van der Waals surface area contributed by atoms with E-state index in [0.717, 1.165) is 5.56 Å². The van der Waals surface area contributed by atoms with Gasteiger partial charge in [0.15, 0.2) is 0 Å². The van der Waals surface area contributed by atoms with Crippen LogP contribution >= 0.6 is 11.6 Å². The first-order chi connectivity index (χ1) is 11.0. The fourth-order valence-electron chi connectivity index (χ4n) is 2.30. The molecule has 1 aliphatic rings. The fraction of sp³-hybridized carbons (Fsp3) is 0.533. The van der Waals surface area contributed by atoms with Gasteiger partial charge in [0.05, 0.1) is 19.0 Å². The molecule has 1 aromatic carbocycles. The normalized spacial score (nSPS) is 16.2. The number of nitrogens with one attached hydrogen (secondary N) is 1. The highest BCUT2D eigenvalue weighted by Gasteiger charge is 2.24. The molecule has 1 aliphatic heterocycles. The van der Waals surface area contributed by atoms with Gasteiger partial charge in [-0.25, -0.2) is 8.42 Å². The zero-order valence-electron chi connectivity index (χ0n) is 12.8. The Bertz CT molecular complexity index is 630. The summed E-state index contributed by atoms with van der Waals surface area (Å²) < 4.78 is 30.7. The van der Waals surface area contributed by atoms with Crippen LogP contribution in [0.3, 0.4) is 0 Å². The van der Waals surface area contributed by atoms with Crippen molar-refractivity contribution in [3.63, 3.8) is 0 Å². The van der Waals surface area contributed by atoms with Crippen molar-refractivity contribution in [1.82, 2.24) is 9.62 Å². The minimum absolute atomic E-state index is 0.0325. The molecular formula is C15H21ClN2O4S. The van der Waals surface area contributed by atoms with Gasteiger partial charge in [-0.3, -0.25) is 4.79 Å². The van der Waals surface area contributed by atoms with E-state index in [1.165, 1.54) is 4.31 Å². The zero-order chi connectivity index (χ0) is 16.7. The topological polar surface area (TPSA) is 75.7 Å². The molecule has 0 aromatic heterocycles. The molecule has 0 unspecified atom stereocenters. The summed E-state index contributed by atoms with van der Waals surface area (Å²) in [5, 5.41) is 3.39. The molecule has 23 heavy (non-hydrogen) atoms. The summed E-state index contributed by atoms with van der Waals surface area (Å²) in [6.45, 7) is 1.99. The monoisotopic (exact) mass is 360 g/mol. The Morgan fingerprint density at radius 3 is 2.74 bits per heavy atom. The van der Waals surface area contributed by atoms with Crippen LogP contribution < -0.4 is 5.32 Å². The average molecular weight is 361 g/mol. The molecule has 1 amide bonds. The van der Waals surface area contributed by atoms with E-state index in [9.17, 15) is 13.2 Å². The molecule has 1 fully saturated rings. The van der Waals surface area contributed by atoms with E-state index in [0.29, 0.717) is 44.3 Å². The Labute approximate surface area is 141 Å². The van der Waals surface area contributed by atoms with Crippen molar-refractivity contribution in [3.8, 4) is 0 Å². The third kappa shape index (κ3) is 6.10. The van der Waals surface area contributed by atoms with Crippen LogP contribution in [0.1, 0.15) is 12.0 Å². The van der Waals surface area contributed by atoms with Crippen LogP contribution in [0.25, 0.3) is 0 Å². The van der Waals surface area contributed by atoms with E-state index < -0.39 is 10.0 Å². The lowest BCUT2D eigenvalue weighted by atomic mass is 10.1. The number of carbonyl (C=O) groups excluding carboxylic acids is 1. The quantitative estimate of drug-likeness (QED) is 0.788. The fourth-order valence-corrected chi connectivity index (χ4v) is 3.92. The van der Waals surface area contributed by atoms with Gasteiger partial charge in [-0.05, 0) is 24.1 Å². The number of hydrogen-bond acceptors (Lipinski definition) is 4. The number of carbonyl (C=O) groups is 1. The summed E-state index contributed by atoms with van der Waals surface area (Å²) in [5.74, 6) is -0.431. The Morgan fingerprint density at radius 2 is 2.04 bits per heavy atom. The maximum absolute atomic E-state index is 12.1. The highest BCUT2D eigenvalue weighted by atomic mass is 35.5. The van der Waals surface area contributed by atoms with Crippen LogP contribution in [0.2, 0.25) is 5.02 Å². The first-order valence-corrected chi connectivity index (χ1v) is 9.53. The average Bonchev–Trinajstić information content (AvgIpc) is 2.54. The summed E-state index contributed by atoms with van der Waals surface area (Å²) >= 11 is 5.89. The minimum Gasteiger partial charge on any atom is -0.379 e. The molecule has 128 valence electrons. The van der Waals surface area contributed by atoms with Gasteiger partial charge in [0.2, 0.25) is 15.9 Å². The number of halogens is 1. The SMILES string of the molecule is O=C(CCS(=O)(=O)N1CCOCC1)NCCc1cccc(Cl)c1. The number of morpholine rings is 1.